The second-order valence-electron chi connectivity index (χ2n) is 16.5. The van der Waals surface area contributed by atoms with Crippen LogP contribution in [0.1, 0.15) is 65.9 Å². The molecule has 1 atom stereocenters. The highest BCUT2D eigenvalue weighted by Crippen LogP contribution is 2.32. The molecule has 0 aliphatic carbocycles. The Morgan fingerprint density at radius 1 is 0.938 bits per heavy atom. The minimum atomic E-state index is -1.19. The van der Waals surface area contributed by atoms with E-state index >= 15 is 0 Å². The van der Waals surface area contributed by atoms with Gasteiger partial charge in [0.25, 0.3) is 17.4 Å². The fourth-order valence-electron chi connectivity index (χ4n) is 8.16. The van der Waals surface area contributed by atoms with E-state index in [4.69, 9.17) is 4.98 Å². The van der Waals surface area contributed by atoms with E-state index in [1.807, 2.05) is 24.3 Å². The van der Waals surface area contributed by atoms with Gasteiger partial charge in [0.1, 0.15) is 17.0 Å². The van der Waals surface area contributed by atoms with E-state index in [2.05, 4.69) is 47.6 Å². The Kier molecular flexibility index (Phi) is 12.4. The molecule has 19 nitrogen and oxygen atoms in total. The van der Waals surface area contributed by atoms with E-state index in [1.165, 1.54) is 10.9 Å². The molecule has 19 heteroatoms. The van der Waals surface area contributed by atoms with E-state index in [9.17, 15) is 33.9 Å². The molecule has 0 radical (unpaired) electrons. The summed E-state index contributed by atoms with van der Waals surface area (Å²) in [6, 6.07) is 17.1. The van der Waals surface area contributed by atoms with Crippen LogP contribution in [0.5, 0.6) is 0 Å². The van der Waals surface area contributed by atoms with Crippen LogP contribution in [0.2, 0.25) is 0 Å². The van der Waals surface area contributed by atoms with Gasteiger partial charge in [-0.1, -0.05) is 18.2 Å². The summed E-state index contributed by atoms with van der Waals surface area (Å²) in [5.41, 5.74) is 2.05. The number of piperazine rings is 1. The summed E-state index contributed by atoms with van der Waals surface area (Å²) in [6.07, 6.45) is 4.65. The maximum atomic E-state index is 13.4. The zero-order chi connectivity index (χ0) is 45.1. The number of aliphatic hydroxyl groups is 1. The van der Waals surface area contributed by atoms with Gasteiger partial charge in [-0.25, -0.2) is 19.3 Å². The Morgan fingerprint density at radius 2 is 1.69 bits per heavy atom. The Balaban J connectivity index is 0.784. The predicted molar refractivity (Wildman–Crippen MR) is 239 cm³/mol. The first-order chi connectivity index (χ1) is 30.8. The number of allylic oxidation sites excluding steroid dienone is 1. The van der Waals surface area contributed by atoms with Crippen LogP contribution in [-0.4, -0.2) is 121 Å². The zero-order valence-corrected chi connectivity index (χ0v) is 35.7. The van der Waals surface area contributed by atoms with Gasteiger partial charge < -0.3 is 26.0 Å². The fraction of sp³-hybridized carbons (Fsp3) is 0.356. The molecular formula is C45H50N12O7. The molecule has 6 heterocycles. The molecule has 2 fully saturated rings. The number of hydrogen-bond donors (Lipinski definition) is 5. The second-order valence-corrected chi connectivity index (χ2v) is 16.5. The first-order valence-electron chi connectivity index (χ1n) is 21.3. The standard InChI is InChI=1S/C45H50N12O7/c1-4-21-55-41(61)31-26-48-44(52-39(31)57(55)35-12-8-11-34(50-35)45(2,3)64)49-28-13-15-29(16-14-28)54-24-22-53(23-25-54)27-37(59)47-20-6-5-19-46-32-10-7-9-30-38(32)43(63)56(42(30)62)33-17-18-36(58)51-40(33)60/h4,7-16,26,33,46,64H,1,5-6,17-25,27H2,2-3H3,(H,47,59)(H,48,49,52)(H,51,58,60). The van der Waals surface area contributed by atoms with Crippen molar-refractivity contribution in [3.8, 4) is 5.82 Å². The lowest BCUT2D eigenvalue weighted by Gasteiger charge is -2.35. The molecule has 64 heavy (non-hydrogen) atoms. The van der Waals surface area contributed by atoms with Gasteiger partial charge in [0, 0.05) is 68.9 Å². The number of benzene rings is 2. The highest BCUT2D eigenvalue weighted by Gasteiger charge is 2.45. The molecule has 0 saturated carbocycles. The van der Waals surface area contributed by atoms with Crippen molar-refractivity contribution in [2.45, 2.75) is 57.7 Å². The molecular weight excluding hydrogens is 821 g/mol. The molecule has 5 aromatic rings. The molecule has 5 amide bonds. The minimum absolute atomic E-state index is 0.0519. The number of unbranched alkanes of at least 4 members (excludes halogenated alkanes) is 1. The van der Waals surface area contributed by atoms with Crippen molar-refractivity contribution in [1.29, 1.82) is 0 Å². The summed E-state index contributed by atoms with van der Waals surface area (Å²) in [4.78, 5) is 95.8. The summed E-state index contributed by atoms with van der Waals surface area (Å²) >= 11 is 0. The van der Waals surface area contributed by atoms with Crippen LogP contribution in [0, 0.1) is 0 Å². The number of rotatable bonds is 16. The Labute approximate surface area is 368 Å². The number of piperidine rings is 1. The van der Waals surface area contributed by atoms with E-state index in [1.54, 1.807) is 61.0 Å². The molecule has 0 bridgehead atoms. The van der Waals surface area contributed by atoms with Gasteiger partial charge in [-0.2, -0.15) is 4.98 Å². The van der Waals surface area contributed by atoms with E-state index in [0.29, 0.717) is 66.7 Å². The topological polar surface area (TPSA) is 229 Å². The maximum absolute atomic E-state index is 13.4. The van der Waals surface area contributed by atoms with Gasteiger partial charge in [-0.3, -0.25) is 43.9 Å². The third-order valence-corrected chi connectivity index (χ3v) is 11.5. The Bertz CT molecular complexity index is 2700. The quantitative estimate of drug-likeness (QED) is 0.0546. The van der Waals surface area contributed by atoms with Crippen molar-refractivity contribution in [2.24, 2.45) is 0 Å². The summed E-state index contributed by atoms with van der Waals surface area (Å²) in [7, 11) is 0. The number of hydrogen-bond acceptors (Lipinski definition) is 14. The maximum Gasteiger partial charge on any atom is 0.278 e. The summed E-state index contributed by atoms with van der Waals surface area (Å²) in [5.74, 6) is -1.52. The number of imide groups is 2. The van der Waals surface area contributed by atoms with Crippen molar-refractivity contribution >= 4 is 63.6 Å². The van der Waals surface area contributed by atoms with Crippen LogP contribution in [0.3, 0.4) is 0 Å². The molecule has 2 saturated heterocycles. The van der Waals surface area contributed by atoms with Gasteiger partial charge in [0.15, 0.2) is 11.5 Å². The number of amides is 5. The monoisotopic (exact) mass is 870 g/mol. The van der Waals surface area contributed by atoms with Crippen LogP contribution in [0.4, 0.5) is 23.0 Å². The molecule has 2 aromatic carbocycles. The normalized spacial score (nSPS) is 16.8. The number of aromatic nitrogens is 5. The van der Waals surface area contributed by atoms with Crippen molar-refractivity contribution in [3.05, 3.63) is 107 Å². The average molecular weight is 871 g/mol. The molecule has 3 aliphatic rings. The van der Waals surface area contributed by atoms with Crippen molar-refractivity contribution in [2.75, 3.05) is 61.3 Å². The van der Waals surface area contributed by atoms with Crippen LogP contribution >= 0.6 is 0 Å². The lowest BCUT2D eigenvalue weighted by atomic mass is 10.0. The van der Waals surface area contributed by atoms with Crippen LogP contribution in [-0.2, 0) is 26.5 Å². The van der Waals surface area contributed by atoms with Crippen LogP contribution in [0.15, 0.2) is 84.3 Å². The van der Waals surface area contributed by atoms with E-state index < -0.39 is 35.3 Å². The number of nitrogens with one attached hydrogen (secondary N) is 4. The summed E-state index contributed by atoms with van der Waals surface area (Å²) in [5, 5.41) is 22.6. The van der Waals surface area contributed by atoms with Gasteiger partial charge in [-0.15, -0.1) is 6.58 Å². The molecule has 0 spiro atoms. The van der Waals surface area contributed by atoms with Crippen molar-refractivity contribution in [3.63, 3.8) is 0 Å². The highest BCUT2D eigenvalue weighted by molar-refractivity contribution is 6.25. The lowest BCUT2D eigenvalue weighted by Crippen LogP contribution is -2.54. The highest BCUT2D eigenvalue weighted by atomic mass is 16.3. The lowest BCUT2D eigenvalue weighted by molar-refractivity contribution is -0.136. The molecule has 332 valence electrons. The number of nitrogens with zero attached hydrogens (tertiary/aromatic N) is 8. The van der Waals surface area contributed by atoms with Gasteiger partial charge >= 0.3 is 0 Å². The largest absolute Gasteiger partial charge is 0.384 e. The Morgan fingerprint density at radius 3 is 2.42 bits per heavy atom. The summed E-state index contributed by atoms with van der Waals surface area (Å²) < 4.78 is 3.10. The third-order valence-electron chi connectivity index (χ3n) is 11.5. The van der Waals surface area contributed by atoms with Crippen molar-refractivity contribution in [1.82, 2.24) is 44.7 Å². The van der Waals surface area contributed by atoms with E-state index in [0.717, 1.165) is 42.5 Å². The number of pyridine rings is 1. The smallest absolute Gasteiger partial charge is 0.278 e. The Hall–Kier alpha value is -7.25. The third kappa shape index (κ3) is 8.98. The molecule has 5 N–H and O–H groups in total. The zero-order valence-electron chi connectivity index (χ0n) is 35.7. The minimum Gasteiger partial charge on any atom is -0.384 e. The molecule has 1 unspecified atom stereocenters. The summed E-state index contributed by atoms with van der Waals surface area (Å²) in [6.45, 7) is 11.5. The van der Waals surface area contributed by atoms with Crippen LogP contribution in [0.25, 0.3) is 16.9 Å². The molecule has 8 rings (SSSR count). The average Bonchev–Trinajstić information content (AvgIpc) is 3.70. The molecule has 3 aliphatic heterocycles. The number of anilines is 4. The fourth-order valence-corrected chi connectivity index (χ4v) is 8.16. The number of carbonyl (C=O) groups is 5. The van der Waals surface area contributed by atoms with Gasteiger partial charge in [0.05, 0.1) is 29.9 Å². The van der Waals surface area contributed by atoms with Gasteiger partial charge in [0.2, 0.25) is 23.7 Å². The molecule has 3 aromatic heterocycles. The van der Waals surface area contributed by atoms with Gasteiger partial charge in [-0.05, 0) is 81.6 Å². The first-order valence-corrected chi connectivity index (χ1v) is 21.3. The van der Waals surface area contributed by atoms with Crippen LogP contribution < -0.4 is 31.7 Å². The van der Waals surface area contributed by atoms with Crippen molar-refractivity contribution < 1.29 is 29.1 Å². The number of carbonyl (C=O) groups excluding carboxylic acids is 5. The number of fused-ring (bicyclic) bond motifs is 2. The SMILES string of the molecule is C=CCn1c(=O)c2cnc(Nc3ccc(N4CCN(CC(=O)NCCCCNc5cccc6c5C(=O)N(C5CCC(=O)NC5=O)C6=O)CC4)cc3)nc2n1-c1cccc(C(C)(C)O)n1. The second kappa shape index (κ2) is 18.2. The first kappa shape index (κ1) is 43.4. The predicted octanol–water partition coefficient (Wildman–Crippen LogP) is 2.67. The van der Waals surface area contributed by atoms with E-state index in [-0.39, 0.29) is 42.0 Å².